The molecule has 0 atom stereocenters. The SMILES string of the molecule is COc1cc(S(=O)(=O)n2cnc(C)c2)ccc1I. The first-order valence-electron chi connectivity index (χ1n) is 5.05. The van der Waals surface area contributed by atoms with Gasteiger partial charge in [-0.1, -0.05) is 0 Å². The first kappa shape index (κ1) is 13.3. The van der Waals surface area contributed by atoms with E-state index in [9.17, 15) is 8.42 Å². The summed E-state index contributed by atoms with van der Waals surface area (Å²) in [6.45, 7) is 1.74. The summed E-state index contributed by atoms with van der Waals surface area (Å²) < 4.78 is 31.7. The highest BCUT2D eigenvalue weighted by Crippen LogP contribution is 2.25. The molecule has 0 saturated carbocycles. The third-order valence-electron chi connectivity index (χ3n) is 2.39. The largest absolute Gasteiger partial charge is 0.496 e. The van der Waals surface area contributed by atoms with E-state index in [2.05, 4.69) is 27.6 Å². The normalized spacial score (nSPS) is 11.5. The van der Waals surface area contributed by atoms with Gasteiger partial charge >= 0.3 is 0 Å². The Morgan fingerprint density at radius 2 is 2.11 bits per heavy atom. The van der Waals surface area contributed by atoms with E-state index in [1.807, 2.05) is 0 Å². The number of methoxy groups -OCH3 is 1. The van der Waals surface area contributed by atoms with E-state index in [0.717, 1.165) is 7.54 Å². The Labute approximate surface area is 119 Å². The molecule has 0 saturated heterocycles. The van der Waals surface area contributed by atoms with Crippen LogP contribution in [0.1, 0.15) is 5.69 Å². The molecule has 5 nitrogen and oxygen atoms in total. The molecule has 2 aromatic rings. The van der Waals surface area contributed by atoms with Crippen molar-refractivity contribution in [2.24, 2.45) is 0 Å². The molecule has 0 amide bonds. The summed E-state index contributed by atoms with van der Waals surface area (Å²) >= 11 is 2.09. The molecular weight excluding hydrogens is 367 g/mol. The van der Waals surface area contributed by atoms with Crippen molar-refractivity contribution in [3.05, 3.63) is 40.0 Å². The fraction of sp³-hybridized carbons (Fsp3) is 0.182. The molecule has 0 spiro atoms. The number of aryl methyl sites for hydroxylation is 1. The number of hydrogen-bond acceptors (Lipinski definition) is 4. The van der Waals surface area contributed by atoms with Crippen molar-refractivity contribution < 1.29 is 13.2 Å². The van der Waals surface area contributed by atoms with Gasteiger partial charge in [-0.05, 0) is 41.6 Å². The van der Waals surface area contributed by atoms with Crippen LogP contribution in [-0.2, 0) is 10.0 Å². The van der Waals surface area contributed by atoms with Crippen LogP contribution in [0, 0.1) is 10.5 Å². The monoisotopic (exact) mass is 378 g/mol. The molecule has 1 aromatic heterocycles. The average molecular weight is 378 g/mol. The Kier molecular flexibility index (Phi) is 3.62. The summed E-state index contributed by atoms with van der Waals surface area (Å²) in [7, 11) is -2.09. The van der Waals surface area contributed by atoms with Crippen molar-refractivity contribution in [3.8, 4) is 5.75 Å². The first-order valence-corrected chi connectivity index (χ1v) is 7.57. The molecule has 0 N–H and O–H groups in total. The van der Waals surface area contributed by atoms with Crippen LogP contribution in [0.2, 0.25) is 0 Å². The molecule has 1 heterocycles. The summed E-state index contributed by atoms with van der Waals surface area (Å²) in [5.74, 6) is 0.536. The minimum absolute atomic E-state index is 0.178. The molecule has 0 radical (unpaired) electrons. The predicted molar refractivity (Wildman–Crippen MR) is 75.3 cm³/mol. The van der Waals surface area contributed by atoms with Gasteiger partial charge in [0.05, 0.1) is 21.3 Å². The van der Waals surface area contributed by atoms with Gasteiger partial charge < -0.3 is 4.74 Å². The highest BCUT2D eigenvalue weighted by molar-refractivity contribution is 14.1. The Morgan fingerprint density at radius 3 is 2.67 bits per heavy atom. The van der Waals surface area contributed by atoms with Crippen molar-refractivity contribution in [1.29, 1.82) is 0 Å². The average Bonchev–Trinajstić information content (AvgIpc) is 2.77. The zero-order valence-electron chi connectivity index (χ0n) is 9.79. The van der Waals surface area contributed by atoms with Crippen LogP contribution < -0.4 is 4.74 Å². The van der Waals surface area contributed by atoms with Gasteiger partial charge in [-0.3, -0.25) is 0 Å². The van der Waals surface area contributed by atoms with Crippen LogP contribution in [0.5, 0.6) is 5.75 Å². The number of imidazole rings is 1. The molecule has 96 valence electrons. The Morgan fingerprint density at radius 1 is 1.39 bits per heavy atom. The number of ether oxygens (including phenoxy) is 1. The van der Waals surface area contributed by atoms with Crippen molar-refractivity contribution in [2.75, 3.05) is 7.11 Å². The van der Waals surface area contributed by atoms with Crippen LogP contribution in [0.4, 0.5) is 0 Å². The van der Waals surface area contributed by atoms with E-state index in [1.165, 1.54) is 25.7 Å². The zero-order valence-corrected chi connectivity index (χ0v) is 12.8. The van der Waals surface area contributed by atoms with Crippen molar-refractivity contribution in [3.63, 3.8) is 0 Å². The van der Waals surface area contributed by atoms with Gasteiger partial charge in [-0.15, -0.1) is 0 Å². The molecule has 2 rings (SSSR count). The topological polar surface area (TPSA) is 61.2 Å². The number of nitrogens with zero attached hydrogens (tertiary/aromatic N) is 2. The second kappa shape index (κ2) is 4.88. The molecule has 18 heavy (non-hydrogen) atoms. The maximum atomic E-state index is 12.3. The van der Waals surface area contributed by atoms with Crippen molar-refractivity contribution >= 4 is 32.6 Å². The number of aromatic nitrogens is 2. The lowest BCUT2D eigenvalue weighted by molar-refractivity contribution is 0.410. The van der Waals surface area contributed by atoms with E-state index in [0.29, 0.717) is 11.4 Å². The van der Waals surface area contributed by atoms with E-state index >= 15 is 0 Å². The fourth-order valence-electron chi connectivity index (χ4n) is 1.45. The molecule has 0 bridgehead atoms. The van der Waals surface area contributed by atoms with Gasteiger partial charge in [-0.2, -0.15) is 0 Å². The Bertz CT molecular complexity index is 679. The summed E-state index contributed by atoms with van der Waals surface area (Å²) in [5.41, 5.74) is 0.649. The molecule has 0 aliphatic rings. The molecule has 7 heteroatoms. The number of hydrogen-bond donors (Lipinski definition) is 0. The first-order chi connectivity index (χ1) is 8.45. The maximum Gasteiger partial charge on any atom is 0.269 e. The van der Waals surface area contributed by atoms with E-state index < -0.39 is 10.0 Å². The lowest BCUT2D eigenvalue weighted by Crippen LogP contribution is -2.11. The third-order valence-corrected chi connectivity index (χ3v) is 4.88. The molecule has 0 fully saturated rings. The van der Waals surface area contributed by atoms with Gasteiger partial charge in [0.25, 0.3) is 10.0 Å². The van der Waals surface area contributed by atoms with Crippen LogP contribution in [-0.4, -0.2) is 24.5 Å². The van der Waals surface area contributed by atoms with Crippen LogP contribution in [0.3, 0.4) is 0 Å². The quantitative estimate of drug-likeness (QED) is 0.768. The minimum Gasteiger partial charge on any atom is -0.496 e. The molecular formula is C11H11IN2O3S. The van der Waals surface area contributed by atoms with Gasteiger partial charge in [0.1, 0.15) is 12.1 Å². The number of rotatable bonds is 3. The Hall–Kier alpha value is -1.09. The third kappa shape index (κ3) is 2.37. The zero-order chi connectivity index (χ0) is 13.3. The maximum absolute atomic E-state index is 12.3. The van der Waals surface area contributed by atoms with E-state index in [4.69, 9.17) is 4.74 Å². The highest BCUT2D eigenvalue weighted by atomic mass is 127. The minimum atomic E-state index is -3.60. The highest BCUT2D eigenvalue weighted by Gasteiger charge is 2.18. The summed E-state index contributed by atoms with van der Waals surface area (Å²) in [5, 5.41) is 0. The van der Waals surface area contributed by atoms with Crippen molar-refractivity contribution in [2.45, 2.75) is 11.8 Å². The standard InChI is InChI=1S/C11H11IN2O3S/c1-8-6-14(7-13-8)18(15,16)9-3-4-10(12)11(5-9)17-2/h3-7H,1-2H3. The van der Waals surface area contributed by atoms with E-state index in [-0.39, 0.29) is 4.90 Å². The predicted octanol–water partition coefficient (Wildman–Crippen LogP) is 2.04. The molecule has 0 aliphatic heterocycles. The lowest BCUT2D eigenvalue weighted by Gasteiger charge is -2.08. The summed E-state index contributed by atoms with van der Waals surface area (Å²) in [6.07, 6.45) is 2.76. The number of halogens is 1. The summed E-state index contributed by atoms with van der Waals surface area (Å²) in [6, 6.07) is 4.76. The molecule has 0 unspecified atom stereocenters. The van der Waals surface area contributed by atoms with Crippen molar-refractivity contribution in [1.82, 2.24) is 8.96 Å². The molecule has 1 aromatic carbocycles. The fourth-order valence-corrected chi connectivity index (χ4v) is 3.21. The van der Waals surface area contributed by atoms with Crippen LogP contribution >= 0.6 is 22.6 Å². The van der Waals surface area contributed by atoms with Crippen LogP contribution in [0.15, 0.2) is 35.6 Å². The Balaban J connectivity index is 2.54. The van der Waals surface area contributed by atoms with Gasteiger partial charge in [0.15, 0.2) is 0 Å². The lowest BCUT2D eigenvalue weighted by atomic mass is 10.3. The second-order valence-corrected chi connectivity index (χ2v) is 6.65. The molecule has 0 aliphatic carbocycles. The second-order valence-electron chi connectivity index (χ2n) is 3.65. The smallest absolute Gasteiger partial charge is 0.269 e. The van der Waals surface area contributed by atoms with Gasteiger partial charge in [-0.25, -0.2) is 17.4 Å². The van der Waals surface area contributed by atoms with Crippen LogP contribution in [0.25, 0.3) is 0 Å². The van der Waals surface area contributed by atoms with Gasteiger partial charge in [0.2, 0.25) is 0 Å². The van der Waals surface area contributed by atoms with Gasteiger partial charge in [0, 0.05) is 12.3 Å². The van der Waals surface area contributed by atoms with E-state index in [1.54, 1.807) is 19.1 Å². The number of benzene rings is 1. The summed E-state index contributed by atoms with van der Waals surface area (Å²) in [4.78, 5) is 4.10.